The number of fused-ring (bicyclic) bond motifs is 1. The van der Waals surface area contributed by atoms with E-state index < -0.39 is 0 Å². The summed E-state index contributed by atoms with van der Waals surface area (Å²) in [6, 6.07) is 15.1. The molecule has 0 saturated carbocycles. The standard InChI is InChI=1S/C20H16ClN5O/c21-17-13(7-4-10-22-17)8-11-24-20(27)15-9-12-23-19-16(15)25-18(26-19)14-5-2-1-3-6-14/h1-7,9-10,12H,8,11H2,(H,24,27)(H,23,25,26). The van der Waals surface area contributed by atoms with Crippen LogP contribution in [0, 0.1) is 0 Å². The molecule has 0 unspecified atom stereocenters. The van der Waals surface area contributed by atoms with E-state index in [1.165, 1.54) is 0 Å². The van der Waals surface area contributed by atoms with Gasteiger partial charge in [-0.2, -0.15) is 0 Å². The lowest BCUT2D eigenvalue weighted by Crippen LogP contribution is -2.26. The topological polar surface area (TPSA) is 83.6 Å². The highest BCUT2D eigenvalue weighted by molar-refractivity contribution is 6.30. The Morgan fingerprint density at radius 2 is 1.89 bits per heavy atom. The largest absolute Gasteiger partial charge is 0.352 e. The van der Waals surface area contributed by atoms with Gasteiger partial charge in [0, 0.05) is 24.5 Å². The summed E-state index contributed by atoms with van der Waals surface area (Å²) in [7, 11) is 0. The number of benzene rings is 1. The maximum atomic E-state index is 12.6. The van der Waals surface area contributed by atoms with Crippen LogP contribution in [-0.2, 0) is 6.42 Å². The fourth-order valence-corrected chi connectivity index (χ4v) is 3.05. The van der Waals surface area contributed by atoms with Crippen LogP contribution >= 0.6 is 11.6 Å². The fraction of sp³-hybridized carbons (Fsp3) is 0.100. The molecule has 0 aliphatic carbocycles. The summed E-state index contributed by atoms with van der Waals surface area (Å²) in [5.74, 6) is 0.481. The van der Waals surface area contributed by atoms with Crippen molar-refractivity contribution < 1.29 is 4.79 Å². The first-order chi connectivity index (χ1) is 13.2. The third-order valence-corrected chi connectivity index (χ3v) is 4.53. The molecule has 0 fully saturated rings. The molecule has 0 aliphatic heterocycles. The normalized spacial score (nSPS) is 10.9. The predicted octanol–water partition coefficient (Wildman–Crippen LogP) is 3.65. The molecule has 0 spiro atoms. The maximum Gasteiger partial charge on any atom is 0.253 e. The molecule has 4 aromatic rings. The van der Waals surface area contributed by atoms with E-state index in [2.05, 4.69) is 25.3 Å². The number of hydrogen-bond acceptors (Lipinski definition) is 4. The second-order valence-electron chi connectivity index (χ2n) is 5.97. The summed E-state index contributed by atoms with van der Waals surface area (Å²) < 4.78 is 0. The molecule has 0 saturated heterocycles. The second-order valence-corrected chi connectivity index (χ2v) is 6.32. The molecule has 0 radical (unpaired) electrons. The van der Waals surface area contributed by atoms with Crippen LogP contribution < -0.4 is 5.32 Å². The number of rotatable bonds is 5. The quantitative estimate of drug-likeness (QED) is 0.520. The van der Waals surface area contributed by atoms with Crippen molar-refractivity contribution in [1.82, 2.24) is 25.3 Å². The Morgan fingerprint density at radius 3 is 2.70 bits per heavy atom. The van der Waals surface area contributed by atoms with Gasteiger partial charge in [0.05, 0.1) is 5.56 Å². The van der Waals surface area contributed by atoms with Gasteiger partial charge in [-0.25, -0.2) is 15.0 Å². The molecule has 2 N–H and O–H groups in total. The van der Waals surface area contributed by atoms with Gasteiger partial charge in [-0.1, -0.05) is 48.0 Å². The molecule has 0 aliphatic rings. The monoisotopic (exact) mass is 377 g/mol. The summed E-state index contributed by atoms with van der Waals surface area (Å²) in [4.78, 5) is 28.7. The minimum Gasteiger partial charge on any atom is -0.352 e. The first-order valence-corrected chi connectivity index (χ1v) is 8.88. The highest BCUT2D eigenvalue weighted by atomic mass is 35.5. The Labute approximate surface area is 160 Å². The van der Waals surface area contributed by atoms with Crippen molar-refractivity contribution in [2.45, 2.75) is 6.42 Å². The van der Waals surface area contributed by atoms with Crippen molar-refractivity contribution in [2.24, 2.45) is 0 Å². The molecule has 6 nitrogen and oxygen atoms in total. The van der Waals surface area contributed by atoms with Gasteiger partial charge < -0.3 is 10.3 Å². The zero-order valence-corrected chi connectivity index (χ0v) is 15.1. The number of amides is 1. The zero-order chi connectivity index (χ0) is 18.6. The molecule has 27 heavy (non-hydrogen) atoms. The number of imidazole rings is 1. The van der Waals surface area contributed by atoms with Crippen LogP contribution in [0.2, 0.25) is 5.15 Å². The van der Waals surface area contributed by atoms with E-state index in [0.717, 1.165) is 11.1 Å². The highest BCUT2D eigenvalue weighted by Crippen LogP contribution is 2.21. The number of aromatic nitrogens is 4. The van der Waals surface area contributed by atoms with E-state index in [9.17, 15) is 4.79 Å². The number of hydrogen-bond donors (Lipinski definition) is 2. The fourth-order valence-electron chi connectivity index (χ4n) is 2.84. The third kappa shape index (κ3) is 3.66. The summed E-state index contributed by atoms with van der Waals surface area (Å²) in [6.45, 7) is 0.448. The van der Waals surface area contributed by atoms with Gasteiger partial charge in [-0.05, 0) is 24.1 Å². The van der Waals surface area contributed by atoms with E-state index in [0.29, 0.717) is 40.7 Å². The lowest BCUT2D eigenvalue weighted by atomic mass is 10.2. The first-order valence-electron chi connectivity index (χ1n) is 8.50. The molecule has 7 heteroatoms. The van der Waals surface area contributed by atoms with Gasteiger partial charge in [-0.15, -0.1) is 0 Å². The first kappa shape index (κ1) is 17.2. The SMILES string of the molecule is O=C(NCCc1cccnc1Cl)c1ccnc2[nH]c(-c3ccccc3)nc12. The van der Waals surface area contributed by atoms with Crippen molar-refractivity contribution in [3.63, 3.8) is 0 Å². The molecular formula is C20H16ClN5O. The molecule has 134 valence electrons. The summed E-state index contributed by atoms with van der Waals surface area (Å²) >= 11 is 6.05. The minimum absolute atomic E-state index is 0.200. The lowest BCUT2D eigenvalue weighted by molar-refractivity contribution is 0.0955. The number of nitrogens with one attached hydrogen (secondary N) is 2. The number of H-pyrrole nitrogens is 1. The Morgan fingerprint density at radius 1 is 1.04 bits per heavy atom. The van der Waals surface area contributed by atoms with Crippen molar-refractivity contribution in [1.29, 1.82) is 0 Å². The third-order valence-electron chi connectivity index (χ3n) is 4.19. The average molecular weight is 378 g/mol. The van der Waals surface area contributed by atoms with Crippen LogP contribution in [0.1, 0.15) is 15.9 Å². The second kappa shape index (κ2) is 7.55. The van der Waals surface area contributed by atoms with Crippen LogP contribution in [-0.4, -0.2) is 32.4 Å². The predicted molar refractivity (Wildman–Crippen MR) is 105 cm³/mol. The Hall–Kier alpha value is -3.25. The molecule has 1 amide bonds. The van der Waals surface area contributed by atoms with E-state index in [4.69, 9.17) is 11.6 Å². The van der Waals surface area contributed by atoms with Crippen LogP contribution in [0.4, 0.5) is 0 Å². The van der Waals surface area contributed by atoms with Gasteiger partial charge in [0.1, 0.15) is 16.5 Å². The molecule has 1 aromatic carbocycles. The molecule has 3 heterocycles. The number of carbonyl (C=O) groups excluding carboxylic acids is 1. The van der Waals surface area contributed by atoms with Crippen LogP contribution in [0.15, 0.2) is 60.9 Å². The van der Waals surface area contributed by atoms with Crippen molar-refractivity contribution >= 4 is 28.7 Å². The Balaban J connectivity index is 1.53. The van der Waals surface area contributed by atoms with Crippen molar-refractivity contribution in [3.05, 3.63) is 77.2 Å². The number of halogens is 1. The highest BCUT2D eigenvalue weighted by Gasteiger charge is 2.15. The van der Waals surface area contributed by atoms with Crippen LogP contribution in [0.25, 0.3) is 22.6 Å². The summed E-state index contributed by atoms with van der Waals surface area (Å²) in [5, 5.41) is 3.37. The van der Waals surface area contributed by atoms with E-state index in [1.807, 2.05) is 42.5 Å². The van der Waals surface area contributed by atoms with Gasteiger partial charge in [-0.3, -0.25) is 4.79 Å². The van der Waals surface area contributed by atoms with Crippen molar-refractivity contribution in [2.75, 3.05) is 6.54 Å². The maximum absolute atomic E-state index is 12.6. The number of pyridine rings is 2. The Bertz CT molecular complexity index is 1090. The number of nitrogens with zero attached hydrogens (tertiary/aromatic N) is 3. The van der Waals surface area contributed by atoms with E-state index in [1.54, 1.807) is 18.5 Å². The van der Waals surface area contributed by atoms with Crippen LogP contribution in [0.3, 0.4) is 0 Å². The summed E-state index contributed by atoms with van der Waals surface area (Å²) in [6.07, 6.45) is 3.84. The van der Waals surface area contributed by atoms with Gasteiger partial charge in [0.25, 0.3) is 5.91 Å². The molecular weight excluding hydrogens is 362 g/mol. The minimum atomic E-state index is -0.200. The number of aromatic amines is 1. The number of carbonyl (C=O) groups is 1. The van der Waals surface area contributed by atoms with Gasteiger partial charge >= 0.3 is 0 Å². The Kier molecular flexibility index (Phi) is 4.80. The molecule has 3 aromatic heterocycles. The van der Waals surface area contributed by atoms with Gasteiger partial charge in [0.15, 0.2) is 5.65 Å². The smallest absolute Gasteiger partial charge is 0.253 e. The molecule has 0 bridgehead atoms. The van der Waals surface area contributed by atoms with E-state index >= 15 is 0 Å². The zero-order valence-electron chi connectivity index (χ0n) is 14.3. The van der Waals surface area contributed by atoms with E-state index in [-0.39, 0.29) is 5.91 Å². The van der Waals surface area contributed by atoms with Gasteiger partial charge in [0.2, 0.25) is 0 Å². The average Bonchev–Trinajstić information content (AvgIpc) is 3.14. The summed E-state index contributed by atoms with van der Waals surface area (Å²) in [5.41, 5.74) is 3.44. The molecule has 4 rings (SSSR count). The molecule has 0 atom stereocenters. The van der Waals surface area contributed by atoms with Crippen molar-refractivity contribution in [3.8, 4) is 11.4 Å². The van der Waals surface area contributed by atoms with Crippen LogP contribution in [0.5, 0.6) is 0 Å². The lowest BCUT2D eigenvalue weighted by Gasteiger charge is -2.06.